The number of carbonyl (C=O) groups excluding carboxylic acids is 1. The topological polar surface area (TPSA) is 63.7 Å². The van der Waals surface area contributed by atoms with Crippen molar-refractivity contribution in [2.75, 3.05) is 21.3 Å². The Hall–Kier alpha value is -2.12. The number of aryl methyl sites for hydroxylation is 1. The number of benzene rings is 1. The average Bonchev–Trinajstić information content (AvgIpc) is 3.12. The molecule has 1 unspecified atom stereocenters. The van der Waals surface area contributed by atoms with Crippen LogP contribution in [0.1, 0.15) is 29.3 Å². The fourth-order valence-corrected chi connectivity index (χ4v) is 3.42. The molecule has 0 fully saturated rings. The highest BCUT2D eigenvalue weighted by Gasteiger charge is 2.19. The van der Waals surface area contributed by atoms with E-state index in [1.807, 2.05) is 43.3 Å². The van der Waals surface area contributed by atoms with Crippen LogP contribution < -0.4 is 14.8 Å². The van der Waals surface area contributed by atoms with E-state index in [-0.39, 0.29) is 11.9 Å². The maximum atomic E-state index is 12.5. The highest BCUT2D eigenvalue weighted by Crippen LogP contribution is 2.27. The van der Waals surface area contributed by atoms with Crippen LogP contribution in [-0.2, 0) is 24.3 Å². The largest absolute Gasteiger partial charge is 0.493 e. The molecule has 0 radical (unpaired) electrons. The maximum absolute atomic E-state index is 12.5. The second kappa shape index (κ2) is 9.54. The summed E-state index contributed by atoms with van der Waals surface area (Å²) in [4.78, 5) is 20.0. The van der Waals surface area contributed by atoms with Gasteiger partial charge in [-0.05, 0) is 38.1 Å². The van der Waals surface area contributed by atoms with Gasteiger partial charge in [0.2, 0.25) is 5.91 Å². The molecule has 1 amide bonds. The molecule has 0 aliphatic heterocycles. The molecule has 1 atom stereocenters. The zero-order valence-electron chi connectivity index (χ0n) is 16.0. The number of amides is 1. The van der Waals surface area contributed by atoms with Gasteiger partial charge >= 0.3 is 0 Å². The average molecular weight is 378 g/mol. The van der Waals surface area contributed by atoms with Crippen LogP contribution in [0.15, 0.2) is 24.4 Å². The number of nitrogens with zero attached hydrogens (tertiary/aromatic N) is 2. The molecule has 6 nitrogen and oxygen atoms in total. The first kappa shape index (κ1) is 20.2. The normalized spacial score (nSPS) is 12.1. The molecule has 2 rings (SSSR count). The molecule has 1 heterocycles. The van der Waals surface area contributed by atoms with Crippen LogP contribution in [0.25, 0.3) is 0 Å². The van der Waals surface area contributed by atoms with E-state index in [1.165, 1.54) is 4.88 Å². The van der Waals surface area contributed by atoms with Gasteiger partial charge in [0.25, 0.3) is 0 Å². The third-order valence-corrected chi connectivity index (χ3v) is 5.39. The maximum Gasteiger partial charge on any atom is 0.237 e. The smallest absolute Gasteiger partial charge is 0.237 e. The minimum Gasteiger partial charge on any atom is -0.493 e. The Morgan fingerprint density at radius 2 is 2.04 bits per heavy atom. The van der Waals surface area contributed by atoms with E-state index in [0.717, 1.165) is 17.0 Å². The lowest BCUT2D eigenvalue weighted by Gasteiger charge is -2.23. The lowest BCUT2D eigenvalue weighted by molar-refractivity contribution is -0.125. The summed E-state index contributed by atoms with van der Waals surface area (Å²) in [7, 11) is 5.15. The summed E-state index contributed by atoms with van der Waals surface area (Å²) >= 11 is 1.70. The van der Waals surface area contributed by atoms with E-state index >= 15 is 0 Å². The zero-order valence-corrected chi connectivity index (χ0v) is 16.9. The molecule has 1 aromatic heterocycles. The molecule has 142 valence electrons. The number of hydrogen-bond donors (Lipinski definition) is 1. The lowest BCUT2D eigenvalue weighted by atomic mass is 10.2. The number of nitrogens with one attached hydrogen (secondary N) is 1. The molecular weight excluding hydrogens is 350 g/mol. The zero-order chi connectivity index (χ0) is 19.1. The summed E-state index contributed by atoms with van der Waals surface area (Å²) in [5.41, 5.74) is 0.959. The van der Waals surface area contributed by atoms with Crippen molar-refractivity contribution in [2.45, 2.75) is 39.4 Å². The van der Waals surface area contributed by atoms with Crippen LogP contribution in [0.4, 0.5) is 0 Å². The third-order valence-electron chi connectivity index (χ3n) is 4.26. The van der Waals surface area contributed by atoms with Crippen molar-refractivity contribution in [3.63, 3.8) is 0 Å². The Morgan fingerprint density at radius 3 is 2.65 bits per heavy atom. The fourth-order valence-electron chi connectivity index (χ4n) is 2.49. The summed E-state index contributed by atoms with van der Waals surface area (Å²) in [5, 5.41) is 4.11. The molecule has 26 heavy (non-hydrogen) atoms. The van der Waals surface area contributed by atoms with Gasteiger partial charge in [-0.1, -0.05) is 13.0 Å². The van der Waals surface area contributed by atoms with Crippen molar-refractivity contribution < 1.29 is 14.3 Å². The van der Waals surface area contributed by atoms with Gasteiger partial charge in [0.05, 0.1) is 25.3 Å². The van der Waals surface area contributed by atoms with Crippen LogP contribution in [-0.4, -0.2) is 43.1 Å². The summed E-state index contributed by atoms with van der Waals surface area (Å²) in [6.07, 6.45) is 2.84. The standard InChI is InChI=1S/C19H27N3O3S/c1-6-18-20-11-15(26-18)12-22(3)13(2)19(23)21-10-14-7-8-16(24-4)17(9-14)25-5/h7-9,11,13H,6,10,12H2,1-5H3,(H,21,23). The van der Waals surface area contributed by atoms with Gasteiger partial charge in [0.1, 0.15) is 0 Å². The van der Waals surface area contributed by atoms with Gasteiger partial charge in [0.15, 0.2) is 11.5 Å². The number of thiazole rings is 1. The molecule has 7 heteroatoms. The molecule has 0 spiro atoms. The molecule has 0 aliphatic rings. The van der Waals surface area contributed by atoms with Crippen molar-refractivity contribution in [3.05, 3.63) is 39.8 Å². The number of aromatic nitrogens is 1. The predicted molar refractivity (Wildman–Crippen MR) is 104 cm³/mol. The first-order valence-electron chi connectivity index (χ1n) is 8.60. The fraction of sp³-hybridized carbons (Fsp3) is 0.474. The van der Waals surface area contributed by atoms with Crippen LogP contribution in [0.2, 0.25) is 0 Å². The van der Waals surface area contributed by atoms with Gasteiger partial charge in [-0.3, -0.25) is 9.69 Å². The number of carbonyl (C=O) groups is 1. The van der Waals surface area contributed by atoms with E-state index in [0.29, 0.717) is 24.6 Å². The van der Waals surface area contributed by atoms with Gasteiger partial charge in [-0.2, -0.15) is 0 Å². The second-order valence-electron chi connectivity index (χ2n) is 6.07. The van der Waals surface area contributed by atoms with Crippen molar-refractivity contribution in [1.29, 1.82) is 0 Å². The second-order valence-corrected chi connectivity index (χ2v) is 7.27. The van der Waals surface area contributed by atoms with Gasteiger partial charge in [0, 0.05) is 24.2 Å². The first-order chi connectivity index (χ1) is 12.5. The van der Waals surface area contributed by atoms with Crippen molar-refractivity contribution in [1.82, 2.24) is 15.2 Å². The van der Waals surface area contributed by atoms with E-state index < -0.39 is 0 Å². The lowest BCUT2D eigenvalue weighted by Crippen LogP contribution is -2.42. The minimum atomic E-state index is -0.234. The van der Waals surface area contributed by atoms with Crippen LogP contribution in [0.5, 0.6) is 11.5 Å². The van der Waals surface area contributed by atoms with E-state index in [4.69, 9.17) is 9.47 Å². The van der Waals surface area contributed by atoms with E-state index in [9.17, 15) is 4.79 Å². The van der Waals surface area contributed by atoms with Gasteiger partial charge < -0.3 is 14.8 Å². The van der Waals surface area contributed by atoms with Gasteiger partial charge in [-0.25, -0.2) is 4.98 Å². The molecular formula is C19H27N3O3S. The molecule has 1 N–H and O–H groups in total. The number of ether oxygens (including phenoxy) is 2. The highest BCUT2D eigenvalue weighted by molar-refractivity contribution is 7.11. The van der Waals surface area contributed by atoms with E-state index in [1.54, 1.807) is 25.6 Å². The SMILES string of the molecule is CCc1ncc(CN(C)C(C)C(=O)NCc2ccc(OC)c(OC)c2)s1. The summed E-state index contributed by atoms with van der Waals surface area (Å²) < 4.78 is 10.5. The van der Waals surface area contributed by atoms with Crippen molar-refractivity contribution >= 4 is 17.2 Å². The Balaban J connectivity index is 1.89. The number of rotatable bonds is 9. The molecule has 0 saturated carbocycles. The van der Waals surface area contributed by atoms with Crippen molar-refractivity contribution in [3.8, 4) is 11.5 Å². The van der Waals surface area contributed by atoms with E-state index in [2.05, 4.69) is 17.2 Å². The summed E-state index contributed by atoms with van der Waals surface area (Å²) in [6, 6.07) is 5.39. The van der Waals surface area contributed by atoms with Crippen LogP contribution >= 0.6 is 11.3 Å². The summed E-state index contributed by atoms with van der Waals surface area (Å²) in [6.45, 7) is 5.16. The predicted octanol–water partition coefficient (Wildman–Crippen LogP) is 2.86. The number of methoxy groups -OCH3 is 2. The van der Waals surface area contributed by atoms with Crippen LogP contribution in [0.3, 0.4) is 0 Å². The summed E-state index contributed by atoms with van der Waals surface area (Å²) in [5.74, 6) is 1.32. The monoisotopic (exact) mass is 377 g/mol. The Labute approximate surface area is 159 Å². The third kappa shape index (κ3) is 5.19. The molecule has 0 saturated heterocycles. The first-order valence-corrected chi connectivity index (χ1v) is 9.42. The quantitative estimate of drug-likeness (QED) is 0.728. The Morgan fingerprint density at radius 1 is 1.31 bits per heavy atom. The highest BCUT2D eigenvalue weighted by atomic mass is 32.1. The number of hydrogen-bond acceptors (Lipinski definition) is 6. The molecule has 0 aliphatic carbocycles. The van der Waals surface area contributed by atoms with Gasteiger partial charge in [-0.15, -0.1) is 11.3 Å². The van der Waals surface area contributed by atoms with Crippen LogP contribution in [0, 0.1) is 0 Å². The molecule has 0 bridgehead atoms. The minimum absolute atomic E-state index is 0.0116. The van der Waals surface area contributed by atoms with Crippen molar-refractivity contribution in [2.24, 2.45) is 0 Å². The Bertz CT molecular complexity index is 733. The molecule has 1 aromatic carbocycles. The molecule has 2 aromatic rings. The number of likely N-dealkylation sites (N-methyl/N-ethyl adjacent to an activating group) is 1. The Kier molecular flexibility index (Phi) is 7.41.